The van der Waals surface area contributed by atoms with Crippen molar-refractivity contribution in [3.05, 3.63) is 557 Å². The van der Waals surface area contributed by atoms with Gasteiger partial charge < -0.3 is 22.8 Å². The predicted octanol–water partition coefficient (Wildman–Crippen LogP) is 37.3. The first-order valence-corrected chi connectivity index (χ1v) is 48.8. The van der Waals surface area contributed by atoms with E-state index in [2.05, 4.69) is 549 Å². The van der Waals surface area contributed by atoms with Gasteiger partial charge in [-0.3, -0.25) is 0 Å². The second kappa shape index (κ2) is 36.1. The van der Waals surface area contributed by atoms with Crippen molar-refractivity contribution in [3.8, 4) is 129 Å². The van der Waals surface area contributed by atoms with E-state index in [0.29, 0.717) is 5.69 Å². The largest absolute Gasteiger partial charge is 0.309 e. The molecule has 0 fully saturated rings. The predicted molar refractivity (Wildman–Crippen MR) is 604 cm³/mol. The highest BCUT2D eigenvalue weighted by atomic mass is 15.0. The van der Waals surface area contributed by atoms with Gasteiger partial charge in [-0.05, 0) is 257 Å². The van der Waals surface area contributed by atoms with E-state index in [-0.39, 0.29) is 0 Å². The second-order valence-corrected chi connectivity index (χ2v) is 36.9. The lowest BCUT2D eigenvalue weighted by Gasteiger charge is -2.17. The molecule has 0 amide bonds. The SMILES string of the molecule is [C-]#[N+]c1ccc(-c2cc(-c3ccccc3)cc(-n3c4ccccc4c4cc(-c5cc(-c6ccccc6)cc(-c6ccccc6)c5)ccc43)c2)cc1.c1cc(-c2ccc(-c3cccc(-n4c5ccccc5c5ccccc54)c3)cc2)cc(-n2c3ccccc3c3ccccc32)c1.c1ccc(-c2ccc(-c3cc(-n4c5ccccc5c5ccccc54)cc(-n4c5ccccc5c5ccccc54)c3)c3ccccc23)cc1. The molecule has 668 valence electrons. The summed E-state index contributed by atoms with van der Waals surface area (Å²) >= 11 is 0. The molecule has 28 rings (SSSR count). The summed E-state index contributed by atoms with van der Waals surface area (Å²) in [5, 5.41) is 15.1. The van der Waals surface area contributed by atoms with Gasteiger partial charge in [0, 0.05) is 82.3 Å². The molecule has 23 aromatic carbocycles. The number of para-hydroxylation sites is 9. The summed E-state index contributed by atoms with van der Waals surface area (Å²) < 4.78 is 12.0. The Kier molecular flexibility index (Phi) is 21.3. The van der Waals surface area contributed by atoms with Gasteiger partial charge in [0.05, 0.1) is 61.7 Å². The summed E-state index contributed by atoms with van der Waals surface area (Å²) in [5.74, 6) is 0. The van der Waals surface area contributed by atoms with Crippen LogP contribution in [-0.4, -0.2) is 22.8 Å². The summed E-state index contributed by atoms with van der Waals surface area (Å²) in [5.41, 5.74) is 39.7. The van der Waals surface area contributed by atoms with E-state index in [1.54, 1.807) is 0 Å². The fourth-order valence-corrected chi connectivity index (χ4v) is 22.0. The van der Waals surface area contributed by atoms with Crippen LogP contribution >= 0.6 is 0 Å². The molecule has 0 aliphatic heterocycles. The monoisotopic (exact) mass is 1820 g/mol. The maximum Gasteiger partial charge on any atom is 0.187 e. The van der Waals surface area contributed by atoms with Crippen LogP contribution in [0.3, 0.4) is 0 Å². The maximum atomic E-state index is 7.44. The zero-order chi connectivity index (χ0) is 94.8. The summed E-state index contributed by atoms with van der Waals surface area (Å²) in [6, 6.07) is 197. The molecule has 0 unspecified atom stereocenters. The van der Waals surface area contributed by atoms with Gasteiger partial charge in [-0.2, -0.15) is 0 Å². The lowest BCUT2D eigenvalue weighted by Crippen LogP contribution is -2.00. The summed E-state index contributed by atoms with van der Waals surface area (Å²) in [4.78, 5) is 3.61. The molecule has 143 heavy (non-hydrogen) atoms. The highest BCUT2D eigenvalue weighted by Crippen LogP contribution is 2.46. The normalized spacial score (nSPS) is 11.5. The lowest BCUT2D eigenvalue weighted by molar-refractivity contribution is 1.13. The lowest BCUT2D eigenvalue weighted by atomic mass is 9.91. The van der Waals surface area contributed by atoms with Crippen LogP contribution in [0.1, 0.15) is 0 Å². The van der Waals surface area contributed by atoms with Crippen molar-refractivity contribution in [1.82, 2.24) is 22.8 Å². The molecule has 0 aliphatic carbocycles. The number of hydrogen-bond acceptors (Lipinski definition) is 0. The number of fused-ring (bicyclic) bond motifs is 16. The zero-order valence-corrected chi connectivity index (χ0v) is 78.1. The molecule has 0 radical (unpaired) electrons. The fraction of sp³-hybridized carbons (Fsp3) is 0. The molecule has 6 nitrogen and oxygen atoms in total. The Balaban J connectivity index is 0.000000110. The molecule has 0 atom stereocenters. The highest BCUT2D eigenvalue weighted by Gasteiger charge is 2.24. The van der Waals surface area contributed by atoms with E-state index in [4.69, 9.17) is 6.57 Å². The Hall–Kier alpha value is -19.2. The first-order chi connectivity index (χ1) is 70.9. The molecule has 0 saturated carbocycles. The van der Waals surface area contributed by atoms with Gasteiger partial charge in [-0.1, -0.05) is 400 Å². The van der Waals surface area contributed by atoms with Crippen LogP contribution in [-0.2, 0) is 0 Å². The van der Waals surface area contributed by atoms with Crippen molar-refractivity contribution < 1.29 is 0 Å². The van der Waals surface area contributed by atoms with Gasteiger partial charge in [0.1, 0.15) is 0 Å². The zero-order valence-electron chi connectivity index (χ0n) is 78.1. The second-order valence-electron chi connectivity index (χ2n) is 36.9. The summed E-state index contributed by atoms with van der Waals surface area (Å²) in [7, 11) is 0. The number of rotatable bonds is 14. The third-order valence-electron chi connectivity index (χ3n) is 28.6. The molecule has 6 heteroatoms. The quantitative estimate of drug-likeness (QED) is 0.0971. The minimum absolute atomic E-state index is 0.640. The minimum atomic E-state index is 0.640. The highest BCUT2D eigenvalue weighted by molar-refractivity contribution is 6.15. The fourth-order valence-electron chi connectivity index (χ4n) is 22.0. The molecule has 0 spiro atoms. The Morgan fingerprint density at radius 2 is 0.329 bits per heavy atom. The molecule has 0 N–H and O–H groups in total. The van der Waals surface area contributed by atoms with E-state index in [1.807, 2.05) is 24.3 Å². The molecule has 0 bridgehead atoms. The van der Waals surface area contributed by atoms with Crippen LogP contribution in [0.25, 0.3) is 253 Å². The van der Waals surface area contributed by atoms with Gasteiger partial charge in [0.15, 0.2) is 5.69 Å². The topological polar surface area (TPSA) is 29.0 Å². The molecule has 0 aliphatic rings. The van der Waals surface area contributed by atoms with Crippen LogP contribution < -0.4 is 0 Å². The third-order valence-corrected chi connectivity index (χ3v) is 28.6. The van der Waals surface area contributed by atoms with E-state index >= 15 is 0 Å². The van der Waals surface area contributed by atoms with Crippen molar-refractivity contribution in [1.29, 1.82) is 0 Å². The molecule has 0 saturated heterocycles. The first-order valence-electron chi connectivity index (χ1n) is 48.8. The van der Waals surface area contributed by atoms with Crippen LogP contribution in [0, 0.1) is 6.57 Å². The first kappa shape index (κ1) is 84.3. The standard InChI is InChI=1S/C49H32N2.C46H30N2.C42H28N2/c1-50-44-24-21-37(22-25-44)43-30-42(36-17-9-4-10-18-36)31-45(32-43)51-48-20-12-11-19-46(48)47-33-38(23-26-49(47)51)41-28-39(34-13-5-2-6-14-34)27-40(29-41)35-15-7-3-8-16-35;1-2-14-31(15-3-1)35-26-27-36(38-17-5-4-16-37(35)38)32-28-33(47-43-22-10-6-18-39(43)40-19-7-11-23-44(40)47)30-34(29-32)48-45-24-12-8-20-41(45)42-21-9-13-25-46(42)48;1-5-19-39-35(15-1)36-16-2-6-20-40(36)43(39)33-13-9-11-31(27-33)29-23-25-30(26-24-29)32-12-10-14-34(28-32)44-41-21-7-3-17-37(41)38-18-4-8-22-42(38)44/h2-33H;1-30H;1-28H. The van der Waals surface area contributed by atoms with E-state index in [1.165, 1.54) is 198 Å². The minimum Gasteiger partial charge on any atom is -0.309 e. The van der Waals surface area contributed by atoms with Crippen LogP contribution in [0.2, 0.25) is 0 Å². The van der Waals surface area contributed by atoms with Crippen LogP contribution in [0.15, 0.2) is 546 Å². The average Bonchev–Trinajstić information content (AvgIpc) is 1.63. The number of hydrogen-bond donors (Lipinski definition) is 0. The van der Waals surface area contributed by atoms with E-state index < -0.39 is 0 Å². The molecule has 28 aromatic rings. The molecular formula is C137H90N6. The molecule has 5 heterocycles. The number of nitrogens with zero attached hydrogens (tertiary/aromatic N) is 6. The Morgan fingerprint density at radius 3 is 0.664 bits per heavy atom. The van der Waals surface area contributed by atoms with E-state index in [0.717, 1.165) is 50.3 Å². The van der Waals surface area contributed by atoms with Crippen molar-refractivity contribution >= 4 is 125 Å². The summed E-state index contributed by atoms with van der Waals surface area (Å²) in [6.45, 7) is 7.44. The van der Waals surface area contributed by atoms with Crippen molar-refractivity contribution in [2.24, 2.45) is 0 Å². The average molecular weight is 1820 g/mol. The Bertz CT molecular complexity index is 9260. The Labute approximate surface area is 828 Å². The number of benzene rings is 23. The van der Waals surface area contributed by atoms with Gasteiger partial charge in [-0.15, -0.1) is 0 Å². The van der Waals surface area contributed by atoms with Gasteiger partial charge in [0.2, 0.25) is 0 Å². The van der Waals surface area contributed by atoms with Crippen molar-refractivity contribution in [2.75, 3.05) is 0 Å². The third kappa shape index (κ3) is 15.3. The number of aromatic nitrogens is 5. The van der Waals surface area contributed by atoms with Crippen molar-refractivity contribution in [2.45, 2.75) is 0 Å². The smallest absolute Gasteiger partial charge is 0.187 e. The van der Waals surface area contributed by atoms with Gasteiger partial charge >= 0.3 is 0 Å². The van der Waals surface area contributed by atoms with Gasteiger partial charge in [0.25, 0.3) is 0 Å². The van der Waals surface area contributed by atoms with Crippen molar-refractivity contribution in [3.63, 3.8) is 0 Å². The Morgan fingerprint density at radius 1 is 0.119 bits per heavy atom. The molecule has 5 aromatic heterocycles. The van der Waals surface area contributed by atoms with Crippen LogP contribution in [0.5, 0.6) is 0 Å². The maximum absolute atomic E-state index is 7.44. The van der Waals surface area contributed by atoms with Crippen LogP contribution in [0.4, 0.5) is 5.69 Å². The van der Waals surface area contributed by atoms with E-state index in [9.17, 15) is 0 Å². The summed E-state index contributed by atoms with van der Waals surface area (Å²) in [6.07, 6.45) is 0. The van der Waals surface area contributed by atoms with Gasteiger partial charge in [-0.25, -0.2) is 4.85 Å². The molecular weight excluding hydrogens is 1730 g/mol.